The first-order valence-corrected chi connectivity index (χ1v) is 11.6. The van der Waals surface area contributed by atoms with Crippen LogP contribution in [-0.4, -0.2) is 26.8 Å². The number of aromatic nitrogens is 3. The predicted octanol–water partition coefficient (Wildman–Crippen LogP) is 5.43. The monoisotopic (exact) mass is 452 g/mol. The number of carbonyl (C=O) groups is 1. The smallest absolute Gasteiger partial charge is 0.247 e. The summed E-state index contributed by atoms with van der Waals surface area (Å²) < 4.78 is 19.9. The highest BCUT2D eigenvalue weighted by Crippen LogP contribution is 2.44. The van der Waals surface area contributed by atoms with Gasteiger partial charge in [0, 0.05) is 23.8 Å². The molecule has 3 aromatic rings. The molecule has 1 amide bonds. The zero-order valence-electron chi connectivity index (χ0n) is 18.5. The van der Waals surface area contributed by atoms with Crippen molar-refractivity contribution in [2.24, 2.45) is 5.92 Å². The molecule has 0 saturated carbocycles. The van der Waals surface area contributed by atoms with E-state index >= 15 is 0 Å². The number of fused-ring (bicyclic) bond motifs is 3. The number of ether oxygens (including phenoxy) is 1. The Bertz CT molecular complexity index is 1140. The first kappa shape index (κ1) is 22.2. The Morgan fingerprint density at radius 2 is 1.94 bits per heavy atom. The van der Waals surface area contributed by atoms with Gasteiger partial charge in [0.15, 0.2) is 5.69 Å². The lowest BCUT2D eigenvalue weighted by molar-refractivity contribution is -0.118. The van der Waals surface area contributed by atoms with Crippen LogP contribution in [0.1, 0.15) is 45.0 Å². The second kappa shape index (κ2) is 9.24. The van der Waals surface area contributed by atoms with Gasteiger partial charge >= 0.3 is 0 Å². The van der Waals surface area contributed by atoms with Gasteiger partial charge in [-0.25, -0.2) is 4.39 Å². The highest BCUT2D eigenvalue weighted by molar-refractivity contribution is 7.99. The maximum atomic E-state index is 13.6. The lowest BCUT2D eigenvalue weighted by Gasteiger charge is -2.30. The van der Waals surface area contributed by atoms with Gasteiger partial charge in [-0.3, -0.25) is 9.69 Å². The summed E-state index contributed by atoms with van der Waals surface area (Å²) in [4.78, 5) is 19.0. The van der Waals surface area contributed by atoms with Gasteiger partial charge in [0.25, 0.3) is 0 Å². The van der Waals surface area contributed by atoms with Gasteiger partial charge < -0.3 is 4.74 Å². The van der Waals surface area contributed by atoms with Crippen molar-refractivity contribution in [2.45, 2.75) is 45.5 Å². The van der Waals surface area contributed by atoms with Crippen molar-refractivity contribution in [3.8, 4) is 17.1 Å². The number of thioether (sulfide) groups is 1. The van der Waals surface area contributed by atoms with Gasteiger partial charge in [-0.2, -0.15) is 4.98 Å². The minimum absolute atomic E-state index is 0.208. The van der Waals surface area contributed by atoms with Crippen molar-refractivity contribution in [3.63, 3.8) is 0 Å². The van der Waals surface area contributed by atoms with Gasteiger partial charge in [-0.15, -0.1) is 10.2 Å². The van der Waals surface area contributed by atoms with E-state index in [4.69, 9.17) is 4.74 Å². The summed E-state index contributed by atoms with van der Waals surface area (Å²) in [5.41, 5.74) is 3.61. The molecule has 0 N–H and O–H groups in total. The Balaban J connectivity index is 1.90. The molecule has 1 aliphatic heterocycles. The number of hydrogen-bond acceptors (Lipinski definition) is 6. The number of carbonyl (C=O) groups excluding carboxylic acids is 1. The third-order valence-electron chi connectivity index (χ3n) is 5.12. The molecule has 0 radical (unpaired) electrons. The lowest BCUT2D eigenvalue weighted by atomic mass is 10.0. The van der Waals surface area contributed by atoms with Crippen LogP contribution in [0, 0.1) is 11.7 Å². The van der Waals surface area contributed by atoms with E-state index in [0.29, 0.717) is 33.9 Å². The molecular weight excluding hydrogens is 427 g/mol. The molecule has 0 unspecified atom stereocenters. The maximum absolute atomic E-state index is 13.6. The molecular formula is C24H25FN4O2S. The van der Waals surface area contributed by atoms with Crippen LogP contribution in [0.2, 0.25) is 0 Å². The molecule has 0 aliphatic carbocycles. The molecule has 166 valence electrons. The minimum Gasteiger partial charge on any atom is -0.447 e. The summed E-state index contributed by atoms with van der Waals surface area (Å²) in [5.74, 6) is 1.05. The predicted molar refractivity (Wildman–Crippen MR) is 123 cm³/mol. The van der Waals surface area contributed by atoms with Crippen LogP contribution in [0.4, 0.5) is 10.1 Å². The van der Waals surface area contributed by atoms with Gasteiger partial charge in [0.05, 0.1) is 5.69 Å². The average molecular weight is 453 g/mol. The van der Waals surface area contributed by atoms with E-state index in [0.717, 1.165) is 23.3 Å². The third-order valence-corrected chi connectivity index (χ3v) is 6.38. The van der Waals surface area contributed by atoms with E-state index in [1.807, 2.05) is 18.2 Å². The van der Waals surface area contributed by atoms with Crippen molar-refractivity contribution in [1.82, 2.24) is 15.2 Å². The summed E-state index contributed by atoms with van der Waals surface area (Å²) in [6.07, 6.45) is 0.00826. The first-order chi connectivity index (χ1) is 15.4. The third kappa shape index (κ3) is 4.46. The fourth-order valence-corrected chi connectivity index (χ4v) is 4.25. The quantitative estimate of drug-likeness (QED) is 0.481. The van der Waals surface area contributed by atoms with Crippen LogP contribution in [0.5, 0.6) is 5.88 Å². The molecule has 2 aromatic carbocycles. The summed E-state index contributed by atoms with van der Waals surface area (Å²) in [5, 5.41) is 9.28. The van der Waals surface area contributed by atoms with Crippen molar-refractivity contribution in [1.29, 1.82) is 0 Å². The largest absolute Gasteiger partial charge is 0.447 e. The SMILES string of the molecule is CCc1ccc2c(c1)-c1nnc(SCC(C)C)nc1O[C@@H](c1ccc(F)cc1)N2C(C)=O. The van der Waals surface area contributed by atoms with Crippen LogP contribution in [0.25, 0.3) is 11.3 Å². The zero-order chi connectivity index (χ0) is 22.8. The highest BCUT2D eigenvalue weighted by Gasteiger charge is 2.34. The number of rotatable bonds is 5. The normalized spacial score (nSPS) is 15.1. The number of hydrogen-bond donors (Lipinski definition) is 0. The van der Waals surface area contributed by atoms with E-state index in [-0.39, 0.29) is 11.7 Å². The Kier molecular flexibility index (Phi) is 6.41. The van der Waals surface area contributed by atoms with E-state index in [2.05, 4.69) is 36.0 Å². The summed E-state index contributed by atoms with van der Waals surface area (Å²) >= 11 is 1.51. The summed E-state index contributed by atoms with van der Waals surface area (Å²) in [6, 6.07) is 11.8. The van der Waals surface area contributed by atoms with Crippen LogP contribution < -0.4 is 9.64 Å². The number of aryl methyl sites for hydroxylation is 1. The minimum atomic E-state index is -0.819. The van der Waals surface area contributed by atoms with Crippen molar-refractivity contribution in [2.75, 3.05) is 10.7 Å². The van der Waals surface area contributed by atoms with Crippen molar-refractivity contribution in [3.05, 3.63) is 59.4 Å². The van der Waals surface area contributed by atoms with Crippen LogP contribution in [0.15, 0.2) is 47.6 Å². The van der Waals surface area contributed by atoms with E-state index < -0.39 is 6.23 Å². The van der Waals surface area contributed by atoms with Crippen molar-refractivity contribution >= 4 is 23.4 Å². The van der Waals surface area contributed by atoms with Gasteiger partial charge in [-0.1, -0.05) is 50.7 Å². The van der Waals surface area contributed by atoms with Crippen LogP contribution >= 0.6 is 11.8 Å². The molecule has 0 bridgehead atoms. The van der Waals surface area contributed by atoms with E-state index in [1.165, 1.54) is 30.8 Å². The fraction of sp³-hybridized carbons (Fsp3) is 0.333. The zero-order valence-corrected chi connectivity index (χ0v) is 19.3. The molecule has 6 nitrogen and oxygen atoms in total. The maximum Gasteiger partial charge on any atom is 0.247 e. The molecule has 2 heterocycles. The number of amides is 1. The molecule has 0 fully saturated rings. The van der Waals surface area contributed by atoms with Crippen LogP contribution in [-0.2, 0) is 11.2 Å². The van der Waals surface area contributed by atoms with Gasteiger partial charge in [-0.05, 0) is 42.2 Å². The molecule has 4 rings (SSSR count). The second-order valence-electron chi connectivity index (χ2n) is 8.07. The Morgan fingerprint density at radius 1 is 1.19 bits per heavy atom. The number of benzene rings is 2. The number of nitrogens with zero attached hydrogens (tertiary/aromatic N) is 4. The Labute approximate surface area is 191 Å². The Morgan fingerprint density at radius 3 is 2.59 bits per heavy atom. The van der Waals surface area contributed by atoms with E-state index in [1.54, 1.807) is 17.0 Å². The first-order valence-electron chi connectivity index (χ1n) is 10.6. The number of halogens is 1. The van der Waals surface area contributed by atoms with Crippen LogP contribution in [0.3, 0.4) is 0 Å². The lowest BCUT2D eigenvalue weighted by Crippen LogP contribution is -2.36. The average Bonchev–Trinajstić information content (AvgIpc) is 2.91. The summed E-state index contributed by atoms with van der Waals surface area (Å²) in [7, 11) is 0. The molecule has 8 heteroatoms. The Hall–Kier alpha value is -3.00. The molecule has 1 atom stereocenters. The van der Waals surface area contributed by atoms with Gasteiger partial charge in [0.1, 0.15) is 5.82 Å². The second-order valence-corrected chi connectivity index (χ2v) is 9.06. The topological polar surface area (TPSA) is 68.2 Å². The molecule has 0 saturated heterocycles. The van der Waals surface area contributed by atoms with E-state index in [9.17, 15) is 9.18 Å². The fourth-order valence-electron chi connectivity index (χ4n) is 3.52. The summed E-state index contributed by atoms with van der Waals surface area (Å²) in [6.45, 7) is 7.79. The molecule has 1 aliphatic rings. The molecule has 32 heavy (non-hydrogen) atoms. The highest BCUT2D eigenvalue weighted by atomic mass is 32.2. The molecule has 0 spiro atoms. The molecule has 1 aromatic heterocycles. The standard InChI is InChI=1S/C24H25FN4O2S/c1-5-16-6-11-20-19(12-16)21-22(26-24(28-27-21)32-13-14(2)3)31-23(29(20)15(4)30)17-7-9-18(25)10-8-17/h6-12,14,23H,5,13H2,1-4H3/t23-/m0/s1. The number of anilines is 1. The van der Waals surface area contributed by atoms with Crippen molar-refractivity contribution < 1.29 is 13.9 Å². The van der Waals surface area contributed by atoms with Gasteiger partial charge in [0.2, 0.25) is 23.2 Å².